The average molecular weight is 425 g/mol. The number of nitrogens with one attached hydrogen (secondary N) is 1. The second-order valence-corrected chi connectivity index (χ2v) is 8.68. The summed E-state index contributed by atoms with van der Waals surface area (Å²) in [5, 5.41) is 3.20. The Morgan fingerprint density at radius 1 is 1.21 bits per heavy atom. The molecule has 0 aliphatic carbocycles. The number of hydrogen-bond acceptors (Lipinski definition) is 5. The highest BCUT2D eigenvalue weighted by Gasteiger charge is 2.33. The maximum absolute atomic E-state index is 12.3. The standard InChI is InChI=1S/C21H29ClN2O5/c1-13-10-16(17(28-5)11-15(13)22)23-18(25)12-29-19(26)14-6-8-24(9-7-14)20(27)21(2,3)4/h10-11,14H,6-9,12H2,1-5H3,(H,23,25). The molecule has 0 saturated carbocycles. The Balaban J connectivity index is 1.84. The summed E-state index contributed by atoms with van der Waals surface area (Å²) in [4.78, 5) is 38.6. The van der Waals surface area contributed by atoms with Gasteiger partial charge in [0.15, 0.2) is 6.61 Å². The second kappa shape index (κ2) is 9.48. The van der Waals surface area contributed by atoms with Crippen LogP contribution in [0.5, 0.6) is 5.75 Å². The van der Waals surface area contributed by atoms with Crippen molar-refractivity contribution in [2.75, 3.05) is 32.1 Å². The molecule has 1 aliphatic rings. The number of ether oxygens (including phenoxy) is 2. The third kappa shape index (κ3) is 6.10. The molecule has 0 spiro atoms. The number of rotatable bonds is 5. The number of likely N-dealkylation sites (tertiary alicyclic amines) is 1. The number of anilines is 1. The van der Waals surface area contributed by atoms with E-state index in [-0.39, 0.29) is 18.4 Å². The van der Waals surface area contributed by atoms with E-state index in [1.54, 1.807) is 17.0 Å². The number of carbonyl (C=O) groups is 3. The average Bonchev–Trinajstić information content (AvgIpc) is 2.67. The Morgan fingerprint density at radius 2 is 1.83 bits per heavy atom. The summed E-state index contributed by atoms with van der Waals surface area (Å²) in [6.45, 7) is 8.11. The largest absolute Gasteiger partial charge is 0.495 e. The van der Waals surface area contributed by atoms with Gasteiger partial charge in [0.1, 0.15) is 5.75 Å². The minimum absolute atomic E-state index is 0.0795. The summed E-state index contributed by atoms with van der Waals surface area (Å²) < 4.78 is 10.4. The third-order valence-corrected chi connectivity index (χ3v) is 5.26. The topological polar surface area (TPSA) is 84.9 Å². The van der Waals surface area contributed by atoms with Gasteiger partial charge in [-0.15, -0.1) is 0 Å². The van der Waals surface area contributed by atoms with E-state index in [1.165, 1.54) is 7.11 Å². The minimum atomic E-state index is -0.460. The molecule has 1 aromatic carbocycles. The Hall–Kier alpha value is -2.28. The molecule has 1 heterocycles. The number of nitrogens with zero attached hydrogens (tertiary/aromatic N) is 1. The van der Waals surface area contributed by atoms with Crippen LogP contribution in [-0.2, 0) is 19.1 Å². The SMILES string of the molecule is COc1cc(Cl)c(C)cc1NC(=O)COC(=O)C1CCN(C(=O)C(C)(C)C)CC1. The van der Waals surface area contributed by atoms with Crippen LogP contribution >= 0.6 is 11.6 Å². The van der Waals surface area contributed by atoms with Gasteiger partial charge in [0.05, 0.1) is 18.7 Å². The molecular weight excluding hydrogens is 396 g/mol. The van der Waals surface area contributed by atoms with Crippen molar-refractivity contribution in [2.45, 2.75) is 40.5 Å². The lowest BCUT2D eigenvalue weighted by Crippen LogP contribution is -2.45. The van der Waals surface area contributed by atoms with Crippen molar-refractivity contribution < 1.29 is 23.9 Å². The third-order valence-electron chi connectivity index (χ3n) is 4.86. The van der Waals surface area contributed by atoms with Gasteiger partial charge in [-0.2, -0.15) is 0 Å². The van der Waals surface area contributed by atoms with Gasteiger partial charge in [0.25, 0.3) is 5.91 Å². The lowest BCUT2D eigenvalue weighted by Gasteiger charge is -2.34. The summed E-state index contributed by atoms with van der Waals surface area (Å²) in [5.74, 6) is -0.674. The lowest BCUT2D eigenvalue weighted by molar-refractivity contribution is -0.155. The molecule has 0 unspecified atom stereocenters. The molecule has 1 saturated heterocycles. The fraction of sp³-hybridized carbons (Fsp3) is 0.571. The van der Waals surface area contributed by atoms with E-state index in [0.29, 0.717) is 42.4 Å². The normalized spacial score (nSPS) is 15.0. The van der Waals surface area contributed by atoms with Gasteiger partial charge >= 0.3 is 5.97 Å². The summed E-state index contributed by atoms with van der Waals surface area (Å²) in [6, 6.07) is 3.31. The van der Waals surface area contributed by atoms with Crippen molar-refractivity contribution >= 4 is 35.1 Å². The number of methoxy groups -OCH3 is 1. The predicted octanol–water partition coefficient (Wildman–Crippen LogP) is 3.42. The first kappa shape index (κ1) is 23.0. The molecule has 0 atom stereocenters. The van der Waals surface area contributed by atoms with Crippen LogP contribution in [0.2, 0.25) is 5.02 Å². The van der Waals surface area contributed by atoms with Crippen molar-refractivity contribution in [3.63, 3.8) is 0 Å². The molecule has 8 heteroatoms. The van der Waals surface area contributed by atoms with Crippen LogP contribution in [-0.4, -0.2) is 49.5 Å². The highest BCUT2D eigenvalue weighted by Crippen LogP contribution is 2.31. The maximum Gasteiger partial charge on any atom is 0.309 e. The molecule has 160 valence electrons. The smallest absolute Gasteiger partial charge is 0.309 e. The van der Waals surface area contributed by atoms with Crippen molar-refractivity contribution in [3.05, 3.63) is 22.7 Å². The molecule has 0 radical (unpaired) electrons. The van der Waals surface area contributed by atoms with Crippen molar-refractivity contribution in [1.29, 1.82) is 0 Å². The number of esters is 1. The van der Waals surface area contributed by atoms with Gasteiger partial charge in [-0.1, -0.05) is 32.4 Å². The Bertz CT molecular complexity index is 780. The first-order valence-corrected chi connectivity index (χ1v) is 10.0. The fourth-order valence-corrected chi connectivity index (χ4v) is 3.32. The molecular formula is C21H29ClN2O5. The first-order chi connectivity index (χ1) is 13.5. The zero-order chi connectivity index (χ0) is 21.8. The lowest BCUT2D eigenvalue weighted by atomic mass is 9.91. The molecule has 2 rings (SSSR count). The molecule has 1 aliphatic heterocycles. The Morgan fingerprint density at radius 3 is 2.38 bits per heavy atom. The Kier molecular flexibility index (Phi) is 7.52. The van der Waals surface area contributed by atoms with E-state index in [0.717, 1.165) is 5.56 Å². The summed E-state index contributed by atoms with van der Waals surface area (Å²) >= 11 is 6.06. The van der Waals surface area contributed by atoms with Crippen molar-refractivity contribution in [2.24, 2.45) is 11.3 Å². The molecule has 1 N–H and O–H groups in total. The second-order valence-electron chi connectivity index (χ2n) is 8.27. The van der Waals surface area contributed by atoms with E-state index in [4.69, 9.17) is 21.1 Å². The van der Waals surface area contributed by atoms with E-state index >= 15 is 0 Å². The minimum Gasteiger partial charge on any atom is -0.495 e. The molecule has 1 aromatic rings. The van der Waals surface area contributed by atoms with Gasteiger partial charge in [-0.25, -0.2) is 0 Å². The van der Waals surface area contributed by atoms with Gasteiger partial charge in [-0.05, 0) is 31.4 Å². The zero-order valence-corrected chi connectivity index (χ0v) is 18.4. The van der Waals surface area contributed by atoms with Crippen LogP contribution in [0.1, 0.15) is 39.2 Å². The van der Waals surface area contributed by atoms with Gasteiger partial charge in [-0.3, -0.25) is 14.4 Å². The van der Waals surface area contributed by atoms with Crippen LogP contribution in [0, 0.1) is 18.3 Å². The number of aryl methyl sites for hydroxylation is 1. The van der Waals surface area contributed by atoms with E-state index in [1.807, 2.05) is 27.7 Å². The van der Waals surface area contributed by atoms with Crippen LogP contribution in [0.3, 0.4) is 0 Å². The first-order valence-electron chi connectivity index (χ1n) is 9.63. The highest BCUT2D eigenvalue weighted by molar-refractivity contribution is 6.31. The maximum atomic E-state index is 12.3. The number of carbonyl (C=O) groups excluding carboxylic acids is 3. The summed E-state index contributed by atoms with van der Waals surface area (Å²) in [6.07, 6.45) is 1.07. The molecule has 2 amide bonds. The number of halogens is 1. The number of hydrogen-bond donors (Lipinski definition) is 1. The summed E-state index contributed by atoms with van der Waals surface area (Å²) in [5.41, 5.74) is 0.813. The molecule has 0 aromatic heterocycles. The van der Waals surface area contributed by atoms with Crippen LogP contribution in [0.25, 0.3) is 0 Å². The van der Waals surface area contributed by atoms with Gasteiger partial charge in [0, 0.05) is 29.6 Å². The summed E-state index contributed by atoms with van der Waals surface area (Å²) in [7, 11) is 1.48. The van der Waals surface area contributed by atoms with Crippen molar-refractivity contribution in [3.8, 4) is 5.75 Å². The highest BCUT2D eigenvalue weighted by atomic mass is 35.5. The van der Waals surface area contributed by atoms with Crippen LogP contribution < -0.4 is 10.1 Å². The van der Waals surface area contributed by atoms with Crippen LogP contribution in [0.4, 0.5) is 5.69 Å². The van der Waals surface area contributed by atoms with Crippen molar-refractivity contribution in [1.82, 2.24) is 4.90 Å². The van der Waals surface area contributed by atoms with Crippen LogP contribution in [0.15, 0.2) is 12.1 Å². The fourth-order valence-electron chi connectivity index (χ4n) is 3.16. The predicted molar refractivity (Wildman–Crippen MR) is 111 cm³/mol. The van der Waals surface area contributed by atoms with Gasteiger partial charge in [0.2, 0.25) is 5.91 Å². The number of piperidine rings is 1. The van der Waals surface area contributed by atoms with E-state index in [2.05, 4.69) is 5.32 Å². The molecule has 7 nitrogen and oxygen atoms in total. The van der Waals surface area contributed by atoms with Gasteiger partial charge < -0.3 is 19.7 Å². The number of amides is 2. The molecule has 29 heavy (non-hydrogen) atoms. The quantitative estimate of drug-likeness (QED) is 0.732. The van der Waals surface area contributed by atoms with E-state index < -0.39 is 17.3 Å². The van der Waals surface area contributed by atoms with E-state index in [9.17, 15) is 14.4 Å². The molecule has 0 bridgehead atoms. The molecule has 1 fully saturated rings. The monoisotopic (exact) mass is 424 g/mol. The Labute approximate surface area is 176 Å². The zero-order valence-electron chi connectivity index (χ0n) is 17.6. The number of benzene rings is 1.